The molecule has 1 aromatic carbocycles. The number of rotatable bonds is 8. The topological polar surface area (TPSA) is 85.0 Å². The Hall–Kier alpha value is -2.67. The van der Waals surface area contributed by atoms with Gasteiger partial charge in [-0.3, -0.25) is 5.10 Å². The zero-order valence-corrected chi connectivity index (χ0v) is 16.2. The minimum Gasteiger partial charge on any atom is -0.494 e. The van der Waals surface area contributed by atoms with Gasteiger partial charge in [0.05, 0.1) is 36.9 Å². The van der Waals surface area contributed by atoms with Gasteiger partial charge in [-0.25, -0.2) is 9.97 Å². The average Bonchev–Trinajstić information content (AvgIpc) is 3.21. The third kappa shape index (κ3) is 4.25. The standard InChI is InChI=1S/C21H27N5O2/c1-2-27-18-9-5-3-7-15(18)11-12-28-19-10-6-4-8-17(19)25-20-16-13-24-26-21(16)23-14-22-20/h3,5,7,9,13-14,17,19H,2,4,6,8,10-12H2,1H3,(H2,22,23,24,25,26)/t17-,19-/m1/s1. The zero-order valence-electron chi connectivity index (χ0n) is 16.2. The second-order valence-corrected chi connectivity index (χ2v) is 7.09. The molecule has 7 nitrogen and oxygen atoms in total. The van der Waals surface area contributed by atoms with E-state index in [-0.39, 0.29) is 12.1 Å². The maximum absolute atomic E-state index is 6.31. The van der Waals surface area contributed by atoms with Crippen molar-refractivity contribution in [3.8, 4) is 5.75 Å². The molecule has 0 unspecified atom stereocenters. The summed E-state index contributed by atoms with van der Waals surface area (Å²) < 4.78 is 12.0. The van der Waals surface area contributed by atoms with Crippen LogP contribution in [0.4, 0.5) is 5.82 Å². The Morgan fingerprint density at radius 2 is 2.07 bits per heavy atom. The summed E-state index contributed by atoms with van der Waals surface area (Å²) in [5.41, 5.74) is 1.94. The highest BCUT2D eigenvalue weighted by molar-refractivity contribution is 5.85. The van der Waals surface area contributed by atoms with E-state index in [9.17, 15) is 0 Å². The average molecular weight is 381 g/mol. The molecule has 1 fully saturated rings. The van der Waals surface area contributed by atoms with Crippen LogP contribution in [0.3, 0.4) is 0 Å². The molecular weight excluding hydrogens is 354 g/mol. The number of aromatic nitrogens is 4. The van der Waals surface area contributed by atoms with Gasteiger partial charge in [0, 0.05) is 0 Å². The molecule has 1 aliphatic carbocycles. The summed E-state index contributed by atoms with van der Waals surface area (Å²) in [6.45, 7) is 3.36. The van der Waals surface area contributed by atoms with Gasteiger partial charge in [-0.2, -0.15) is 5.10 Å². The number of nitrogens with zero attached hydrogens (tertiary/aromatic N) is 3. The highest BCUT2D eigenvalue weighted by atomic mass is 16.5. The Kier molecular flexibility index (Phi) is 6.01. The fraction of sp³-hybridized carbons (Fsp3) is 0.476. The molecule has 7 heteroatoms. The first kappa shape index (κ1) is 18.7. The first-order chi connectivity index (χ1) is 13.8. The van der Waals surface area contributed by atoms with Crippen molar-refractivity contribution >= 4 is 16.9 Å². The fourth-order valence-electron chi connectivity index (χ4n) is 3.84. The van der Waals surface area contributed by atoms with Crippen LogP contribution in [0.5, 0.6) is 5.75 Å². The Morgan fingerprint density at radius 1 is 1.18 bits per heavy atom. The summed E-state index contributed by atoms with van der Waals surface area (Å²) in [4.78, 5) is 8.62. The Labute approximate surface area is 164 Å². The third-order valence-corrected chi connectivity index (χ3v) is 5.25. The summed E-state index contributed by atoms with van der Waals surface area (Å²) >= 11 is 0. The summed E-state index contributed by atoms with van der Waals surface area (Å²) in [5, 5.41) is 11.5. The van der Waals surface area contributed by atoms with Gasteiger partial charge >= 0.3 is 0 Å². The molecule has 1 saturated carbocycles. The van der Waals surface area contributed by atoms with E-state index in [1.165, 1.54) is 18.4 Å². The van der Waals surface area contributed by atoms with Crippen molar-refractivity contribution in [2.24, 2.45) is 0 Å². The number of fused-ring (bicyclic) bond motifs is 1. The maximum atomic E-state index is 6.31. The van der Waals surface area contributed by atoms with Crippen molar-refractivity contribution in [3.05, 3.63) is 42.4 Å². The van der Waals surface area contributed by atoms with Gasteiger partial charge in [0.25, 0.3) is 0 Å². The fourth-order valence-corrected chi connectivity index (χ4v) is 3.84. The van der Waals surface area contributed by atoms with E-state index >= 15 is 0 Å². The summed E-state index contributed by atoms with van der Waals surface area (Å²) in [6.07, 6.45) is 8.87. The van der Waals surface area contributed by atoms with E-state index in [0.717, 1.165) is 41.9 Å². The summed E-state index contributed by atoms with van der Waals surface area (Å²) in [6, 6.07) is 8.43. The van der Waals surface area contributed by atoms with E-state index in [4.69, 9.17) is 9.47 Å². The second-order valence-electron chi connectivity index (χ2n) is 7.09. The molecule has 2 aromatic heterocycles. The summed E-state index contributed by atoms with van der Waals surface area (Å²) in [5.74, 6) is 1.77. The van der Waals surface area contributed by atoms with E-state index in [0.29, 0.717) is 13.2 Å². The van der Waals surface area contributed by atoms with Crippen molar-refractivity contribution in [2.45, 2.75) is 51.2 Å². The van der Waals surface area contributed by atoms with Crippen molar-refractivity contribution in [1.82, 2.24) is 20.2 Å². The van der Waals surface area contributed by atoms with Gasteiger partial charge in [0.2, 0.25) is 0 Å². The molecule has 2 N–H and O–H groups in total. The van der Waals surface area contributed by atoms with E-state index < -0.39 is 0 Å². The van der Waals surface area contributed by atoms with Crippen LogP contribution >= 0.6 is 0 Å². The van der Waals surface area contributed by atoms with Crippen LogP contribution in [0.1, 0.15) is 38.2 Å². The number of anilines is 1. The number of para-hydroxylation sites is 1. The van der Waals surface area contributed by atoms with Crippen LogP contribution in [0.15, 0.2) is 36.8 Å². The number of ether oxygens (including phenoxy) is 2. The second kappa shape index (κ2) is 9.01. The molecule has 1 aliphatic rings. The number of nitrogens with one attached hydrogen (secondary N) is 2. The quantitative estimate of drug-likeness (QED) is 0.618. The highest BCUT2D eigenvalue weighted by Crippen LogP contribution is 2.27. The van der Waals surface area contributed by atoms with Crippen molar-refractivity contribution in [1.29, 1.82) is 0 Å². The monoisotopic (exact) mass is 381 g/mol. The Balaban J connectivity index is 1.38. The van der Waals surface area contributed by atoms with Crippen molar-refractivity contribution in [3.63, 3.8) is 0 Å². The van der Waals surface area contributed by atoms with Gasteiger partial charge < -0.3 is 14.8 Å². The number of aromatic amines is 1. The van der Waals surface area contributed by atoms with E-state index in [2.05, 4.69) is 31.5 Å². The minimum absolute atomic E-state index is 0.171. The van der Waals surface area contributed by atoms with Gasteiger partial charge in [-0.1, -0.05) is 31.0 Å². The number of benzene rings is 1. The minimum atomic E-state index is 0.171. The van der Waals surface area contributed by atoms with Crippen LogP contribution in [0, 0.1) is 0 Å². The van der Waals surface area contributed by atoms with Gasteiger partial charge in [-0.15, -0.1) is 0 Å². The lowest BCUT2D eigenvalue weighted by Crippen LogP contribution is -2.39. The lowest BCUT2D eigenvalue weighted by molar-refractivity contribution is 0.0216. The molecule has 2 atom stereocenters. The van der Waals surface area contributed by atoms with Gasteiger partial charge in [0.1, 0.15) is 17.9 Å². The van der Waals surface area contributed by atoms with Gasteiger partial charge in [0.15, 0.2) is 5.65 Å². The van der Waals surface area contributed by atoms with E-state index in [1.54, 1.807) is 12.5 Å². The molecule has 28 heavy (non-hydrogen) atoms. The molecule has 3 aromatic rings. The smallest absolute Gasteiger partial charge is 0.160 e. The lowest BCUT2D eigenvalue weighted by Gasteiger charge is -2.32. The van der Waals surface area contributed by atoms with Gasteiger partial charge in [-0.05, 0) is 37.8 Å². The number of hydrogen-bond acceptors (Lipinski definition) is 6. The number of hydrogen-bond donors (Lipinski definition) is 2. The molecule has 0 amide bonds. The Bertz CT molecular complexity index is 897. The Morgan fingerprint density at radius 3 is 3.00 bits per heavy atom. The molecule has 0 spiro atoms. The predicted octanol–water partition coefficient (Wildman–Crippen LogP) is 3.73. The molecule has 148 valence electrons. The first-order valence-electron chi connectivity index (χ1n) is 10.1. The SMILES string of the molecule is CCOc1ccccc1CCO[C@@H]1CCCC[C@H]1Nc1ncnc2[nH]ncc12. The maximum Gasteiger partial charge on any atom is 0.160 e. The van der Waals surface area contributed by atoms with Crippen molar-refractivity contribution in [2.75, 3.05) is 18.5 Å². The van der Waals surface area contributed by atoms with Crippen LogP contribution in [-0.4, -0.2) is 45.5 Å². The third-order valence-electron chi connectivity index (χ3n) is 5.25. The predicted molar refractivity (Wildman–Crippen MR) is 109 cm³/mol. The molecule has 0 saturated heterocycles. The largest absolute Gasteiger partial charge is 0.494 e. The van der Waals surface area contributed by atoms with Crippen molar-refractivity contribution < 1.29 is 9.47 Å². The number of H-pyrrole nitrogens is 1. The lowest BCUT2D eigenvalue weighted by atomic mass is 9.92. The first-order valence-corrected chi connectivity index (χ1v) is 10.1. The zero-order chi connectivity index (χ0) is 19.2. The summed E-state index contributed by atoms with van der Waals surface area (Å²) in [7, 11) is 0. The molecule has 0 radical (unpaired) electrons. The van der Waals surface area contributed by atoms with E-state index in [1.807, 2.05) is 25.1 Å². The highest BCUT2D eigenvalue weighted by Gasteiger charge is 2.26. The normalized spacial score (nSPS) is 19.6. The van der Waals surface area contributed by atoms with Crippen LogP contribution < -0.4 is 10.1 Å². The van der Waals surface area contributed by atoms with Crippen LogP contribution in [0.2, 0.25) is 0 Å². The van der Waals surface area contributed by atoms with Crippen LogP contribution in [0.25, 0.3) is 11.0 Å². The molecule has 0 aliphatic heterocycles. The van der Waals surface area contributed by atoms with Crippen LogP contribution in [-0.2, 0) is 11.2 Å². The molecule has 2 heterocycles. The molecule has 0 bridgehead atoms. The molecule has 4 rings (SSSR count). The molecular formula is C21H27N5O2.